The van der Waals surface area contributed by atoms with Crippen LogP contribution in [0.2, 0.25) is 5.02 Å². The van der Waals surface area contributed by atoms with E-state index >= 15 is 0 Å². The number of carbonyl (C=O) groups is 1. The van der Waals surface area contributed by atoms with Gasteiger partial charge < -0.3 is 10.5 Å². The number of nitrogen functional groups attached to an aromatic ring is 1. The lowest BCUT2D eigenvalue weighted by molar-refractivity contribution is -0.141. The van der Waals surface area contributed by atoms with Crippen LogP contribution >= 0.6 is 11.6 Å². The summed E-state index contributed by atoms with van der Waals surface area (Å²) in [6.07, 6.45) is 0. The molecule has 0 aliphatic carbocycles. The van der Waals surface area contributed by atoms with Crippen LogP contribution in [-0.2, 0) is 16.1 Å². The molecule has 0 amide bonds. The number of imidazole rings is 1. The Morgan fingerprint density at radius 1 is 1.62 bits per heavy atom. The summed E-state index contributed by atoms with van der Waals surface area (Å²) >= 11 is 5.97. The minimum absolute atomic E-state index is 0.0270. The number of methoxy groups -OCH3 is 1. The van der Waals surface area contributed by atoms with Crippen molar-refractivity contribution in [2.24, 2.45) is 0 Å². The average Bonchev–Trinajstić information content (AvgIpc) is 2.58. The Labute approximate surface area is 96.8 Å². The van der Waals surface area contributed by atoms with E-state index in [-0.39, 0.29) is 18.5 Å². The minimum Gasteiger partial charge on any atom is -0.468 e. The van der Waals surface area contributed by atoms with Gasteiger partial charge in [0.25, 0.3) is 0 Å². The van der Waals surface area contributed by atoms with Crippen molar-refractivity contribution in [3.8, 4) is 0 Å². The predicted octanol–water partition coefficient (Wildman–Crippen LogP) is 1.44. The highest BCUT2D eigenvalue weighted by Gasteiger charge is 2.13. The van der Waals surface area contributed by atoms with Crippen molar-refractivity contribution < 1.29 is 9.53 Å². The van der Waals surface area contributed by atoms with Crippen molar-refractivity contribution in [1.82, 2.24) is 9.55 Å². The van der Waals surface area contributed by atoms with Crippen LogP contribution in [0.15, 0.2) is 18.2 Å². The number of nitrogens with zero attached hydrogens (tertiary/aromatic N) is 2. The summed E-state index contributed by atoms with van der Waals surface area (Å²) in [7, 11) is 1.32. The standard InChI is InChI=1S/C10H10ClN3O2/c1-16-8(15)5-14-7-4-2-3-6(11)9(7)13-10(14)12/h2-4H,5H2,1H3,(H2,12,13). The third-order valence-corrected chi connectivity index (χ3v) is 2.58. The van der Waals surface area contributed by atoms with E-state index in [0.29, 0.717) is 10.5 Å². The summed E-state index contributed by atoms with van der Waals surface area (Å²) in [6.45, 7) is 0.0270. The molecule has 0 spiro atoms. The van der Waals surface area contributed by atoms with Gasteiger partial charge in [0.1, 0.15) is 12.1 Å². The van der Waals surface area contributed by atoms with E-state index in [1.54, 1.807) is 22.8 Å². The smallest absolute Gasteiger partial charge is 0.325 e. The summed E-state index contributed by atoms with van der Waals surface area (Å²) < 4.78 is 6.14. The molecule has 6 heteroatoms. The fraction of sp³-hybridized carbons (Fsp3) is 0.200. The maximum Gasteiger partial charge on any atom is 0.325 e. The molecule has 2 aromatic rings. The molecule has 0 unspecified atom stereocenters. The van der Waals surface area contributed by atoms with Gasteiger partial charge in [-0.05, 0) is 12.1 Å². The molecular formula is C10H10ClN3O2. The fourth-order valence-electron chi connectivity index (χ4n) is 1.49. The lowest BCUT2D eigenvalue weighted by Gasteiger charge is -2.04. The van der Waals surface area contributed by atoms with Gasteiger partial charge in [-0.1, -0.05) is 17.7 Å². The van der Waals surface area contributed by atoms with Gasteiger partial charge in [-0.15, -0.1) is 0 Å². The van der Waals surface area contributed by atoms with Crippen LogP contribution in [0.3, 0.4) is 0 Å². The van der Waals surface area contributed by atoms with Gasteiger partial charge in [-0.2, -0.15) is 0 Å². The van der Waals surface area contributed by atoms with Gasteiger partial charge in [0.05, 0.1) is 17.6 Å². The Kier molecular flexibility index (Phi) is 2.70. The van der Waals surface area contributed by atoms with Gasteiger partial charge in [-0.25, -0.2) is 4.98 Å². The molecule has 0 bridgehead atoms. The number of nitrogens with two attached hydrogens (primary N) is 1. The lowest BCUT2D eigenvalue weighted by atomic mass is 10.3. The molecule has 0 fully saturated rings. The largest absolute Gasteiger partial charge is 0.468 e. The van der Waals surface area contributed by atoms with Gasteiger partial charge >= 0.3 is 5.97 Å². The number of carbonyl (C=O) groups excluding carboxylic acids is 1. The number of benzene rings is 1. The molecule has 84 valence electrons. The number of anilines is 1. The zero-order valence-electron chi connectivity index (χ0n) is 8.61. The number of para-hydroxylation sites is 1. The predicted molar refractivity (Wildman–Crippen MR) is 61.2 cm³/mol. The summed E-state index contributed by atoms with van der Waals surface area (Å²) in [4.78, 5) is 15.3. The van der Waals surface area contributed by atoms with Crippen molar-refractivity contribution in [2.45, 2.75) is 6.54 Å². The second-order valence-corrected chi connectivity index (χ2v) is 3.65. The number of hydrogen-bond acceptors (Lipinski definition) is 4. The Morgan fingerprint density at radius 3 is 3.06 bits per heavy atom. The number of fused-ring (bicyclic) bond motifs is 1. The molecule has 0 atom stereocenters. The number of rotatable bonds is 2. The van der Waals surface area contributed by atoms with Gasteiger partial charge in [-0.3, -0.25) is 9.36 Å². The molecule has 0 aliphatic heterocycles. The number of ether oxygens (including phenoxy) is 1. The Bertz CT molecular complexity index is 550. The number of aromatic nitrogens is 2. The molecule has 1 heterocycles. The third kappa shape index (κ3) is 1.69. The van der Waals surface area contributed by atoms with E-state index in [1.165, 1.54) is 7.11 Å². The molecule has 0 saturated heterocycles. The molecule has 0 saturated carbocycles. The maximum absolute atomic E-state index is 11.2. The first-order valence-corrected chi connectivity index (χ1v) is 4.98. The lowest BCUT2D eigenvalue weighted by Crippen LogP contribution is -2.13. The van der Waals surface area contributed by atoms with E-state index in [2.05, 4.69) is 9.72 Å². The molecule has 2 rings (SSSR count). The van der Waals surface area contributed by atoms with Crippen molar-refractivity contribution >= 4 is 34.6 Å². The molecular weight excluding hydrogens is 230 g/mol. The fourth-order valence-corrected chi connectivity index (χ4v) is 1.70. The minimum atomic E-state index is -0.383. The van der Waals surface area contributed by atoms with E-state index in [0.717, 1.165) is 5.52 Å². The topological polar surface area (TPSA) is 70.1 Å². The van der Waals surface area contributed by atoms with E-state index in [4.69, 9.17) is 17.3 Å². The highest BCUT2D eigenvalue weighted by Crippen LogP contribution is 2.24. The van der Waals surface area contributed by atoms with E-state index in [9.17, 15) is 4.79 Å². The summed E-state index contributed by atoms with van der Waals surface area (Å²) in [5.41, 5.74) is 7.02. The summed E-state index contributed by atoms with van der Waals surface area (Å²) in [5.74, 6) is -0.139. The van der Waals surface area contributed by atoms with Crippen LogP contribution in [-0.4, -0.2) is 22.6 Å². The van der Waals surface area contributed by atoms with E-state index in [1.807, 2.05) is 0 Å². The average molecular weight is 240 g/mol. The first-order chi connectivity index (χ1) is 7.63. The number of esters is 1. The first-order valence-electron chi connectivity index (χ1n) is 4.60. The SMILES string of the molecule is COC(=O)Cn1c(N)nc2c(Cl)cccc21. The zero-order chi connectivity index (χ0) is 11.7. The second-order valence-electron chi connectivity index (χ2n) is 3.24. The van der Waals surface area contributed by atoms with Crippen LogP contribution in [0.25, 0.3) is 11.0 Å². The van der Waals surface area contributed by atoms with Gasteiger partial charge in [0.15, 0.2) is 0 Å². The molecule has 0 radical (unpaired) electrons. The van der Waals surface area contributed by atoms with Crippen LogP contribution in [0.5, 0.6) is 0 Å². The van der Waals surface area contributed by atoms with Crippen molar-refractivity contribution in [1.29, 1.82) is 0 Å². The highest BCUT2D eigenvalue weighted by molar-refractivity contribution is 6.35. The van der Waals surface area contributed by atoms with Crippen molar-refractivity contribution in [2.75, 3.05) is 12.8 Å². The number of halogens is 1. The monoisotopic (exact) mass is 239 g/mol. The molecule has 1 aromatic heterocycles. The van der Waals surface area contributed by atoms with Crippen molar-refractivity contribution in [3.05, 3.63) is 23.2 Å². The Hall–Kier alpha value is -1.75. The molecule has 5 nitrogen and oxygen atoms in total. The van der Waals surface area contributed by atoms with Gasteiger partial charge in [0.2, 0.25) is 5.95 Å². The van der Waals surface area contributed by atoms with Crippen LogP contribution in [0.1, 0.15) is 0 Å². The zero-order valence-corrected chi connectivity index (χ0v) is 9.36. The first kappa shape index (κ1) is 10.8. The molecule has 1 aromatic carbocycles. The molecule has 0 aliphatic rings. The normalized spacial score (nSPS) is 10.6. The van der Waals surface area contributed by atoms with E-state index < -0.39 is 0 Å². The Morgan fingerprint density at radius 2 is 2.38 bits per heavy atom. The second kappa shape index (κ2) is 4.02. The quantitative estimate of drug-likeness (QED) is 0.806. The van der Waals surface area contributed by atoms with Crippen LogP contribution in [0.4, 0.5) is 5.95 Å². The summed E-state index contributed by atoms with van der Waals surface area (Å²) in [5, 5.41) is 0.507. The van der Waals surface area contributed by atoms with Crippen molar-refractivity contribution in [3.63, 3.8) is 0 Å². The van der Waals surface area contributed by atoms with Gasteiger partial charge in [0, 0.05) is 0 Å². The van der Waals surface area contributed by atoms with Crippen LogP contribution < -0.4 is 5.73 Å². The highest BCUT2D eigenvalue weighted by atomic mass is 35.5. The molecule has 16 heavy (non-hydrogen) atoms. The molecule has 2 N–H and O–H groups in total. The van der Waals surface area contributed by atoms with Crippen LogP contribution in [0, 0.1) is 0 Å². The summed E-state index contributed by atoms with van der Waals surface area (Å²) in [6, 6.07) is 5.30. The number of hydrogen-bond donors (Lipinski definition) is 1. The Balaban J connectivity index is 2.56. The maximum atomic E-state index is 11.2. The third-order valence-electron chi connectivity index (χ3n) is 2.27.